The third kappa shape index (κ3) is 3.31. The Hall–Kier alpha value is -2.69. The molecule has 1 aromatic heterocycles. The monoisotopic (exact) mass is 298 g/mol. The lowest BCUT2D eigenvalue weighted by molar-refractivity contribution is 0.0600. The van der Waals surface area contributed by atoms with Gasteiger partial charge < -0.3 is 10.1 Å². The molecule has 0 atom stereocenters. The van der Waals surface area contributed by atoms with Gasteiger partial charge in [0.25, 0.3) is 5.91 Å². The van der Waals surface area contributed by atoms with Gasteiger partial charge in [-0.3, -0.25) is 9.78 Å². The Labute approximate surface area is 129 Å². The van der Waals surface area contributed by atoms with Gasteiger partial charge in [0.1, 0.15) is 5.69 Å². The lowest BCUT2D eigenvalue weighted by Crippen LogP contribution is -2.16. The van der Waals surface area contributed by atoms with Gasteiger partial charge in [-0.1, -0.05) is 17.7 Å². The highest BCUT2D eigenvalue weighted by atomic mass is 16.5. The van der Waals surface area contributed by atoms with Crippen molar-refractivity contribution in [2.75, 3.05) is 12.4 Å². The Balaban J connectivity index is 2.21. The van der Waals surface area contributed by atoms with Gasteiger partial charge in [-0.05, 0) is 44.0 Å². The second-order valence-electron chi connectivity index (χ2n) is 5.15. The van der Waals surface area contributed by atoms with Crippen LogP contribution in [0.1, 0.15) is 37.5 Å². The fourth-order valence-corrected chi connectivity index (χ4v) is 2.32. The summed E-state index contributed by atoms with van der Waals surface area (Å²) < 4.78 is 4.60. The first-order chi connectivity index (χ1) is 10.4. The van der Waals surface area contributed by atoms with Crippen molar-refractivity contribution in [1.82, 2.24) is 4.98 Å². The molecule has 2 rings (SSSR count). The zero-order chi connectivity index (χ0) is 16.3. The molecule has 114 valence electrons. The van der Waals surface area contributed by atoms with Crippen molar-refractivity contribution in [2.24, 2.45) is 0 Å². The number of carbonyl (C=O) groups is 2. The number of anilines is 1. The van der Waals surface area contributed by atoms with Crippen molar-refractivity contribution in [1.29, 1.82) is 0 Å². The van der Waals surface area contributed by atoms with E-state index in [0.717, 1.165) is 22.4 Å². The van der Waals surface area contributed by atoms with Crippen LogP contribution in [-0.2, 0) is 4.74 Å². The first-order valence-electron chi connectivity index (χ1n) is 6.86. The Morgan fingerprint density at radius 3 is 2.23 bits per heavy atom. The van der Waals surface area contributed by atoms with Gasteiger partial charge in [0, 0.05) is 11.9 Å². The van der Waals surface area contributed by atoms with Crippen LogP contribution >= 0.6 is 0 Å². The highest BCUT2D eigenvalue weighted by Gasteiger charge is 2.13. The van der Waals surface area contributed by atoms with E-state index in [-0.39, 0.29) is 11.6 Å². The fraction of sp³-hybridized carbons (Fsp3) is 0.235. The van der Waals surface area contributed by atoms with Gasteiger partial charge in [-0.2, -0.15) is 0 Å². The molecule has 1 amide bonds. The lowest BCUT2D eigenvalue weighted by Gasteiger charge is -2.12. The summed E-state index contributed by atoms with van der Waals surface area (Å²) in [5, 5.41) is 2.87. The smallest absolute Gasteiger partial charge is 0.339 e. The SMILES string of the molecule is COC(=O)c1ccc(C(=O)Nc2c(C)cc(C)cc2C)nc1. The average Bonchev–Trinajstić information content (AvgIpc) is 2.50. The van der Waals surface area contributed by atoms with Crippen LogP contribution in [0.2, 0.25) is 0 Å². The molecular formula is C17H18N2O3. The molecule has 0 fully saturated rings. The van der Waals surface area contributed by atoms with Crippen LogP contribution in [0, 0.1) is 20.8 Å². The number of benzene rings is 1. The molecule has 0 aliphatic carbocycles. The minimum absolute atomic E-state index is 0.243. The minimum atomic E-state index is -0.482. The van der Waals surface area contributed by atoms with E-state index in [1.165, 1.54) is 25.4 Å². The zero-order valence-corrected chi connectivity index (χ0v) is 13.1. The highest BCUT2D eigenvalue weighted by Crippen LogP contribution is 2.22. The molecule has 0 saturated heterocycles. The molecule has 5 heteroatoms. The topological polar surface area (TPSA) is 68.3 Å². The maximum Gasteiger partial charge on any atom is 0.339 e. The summed E-state index contributed by atoms with van der Waals surface area (Å²) >= 11 is 0. The van der Waals surface area contributed by atoms with Crippen molar-refractivity contribution in [3.63, 3.8) is 0 Å². The predicted molar refractivity (Wildman–Crippen MR) is 84.2 cm³/mol. The van der Waals surface area contributed by atoms with Crippen molar-refractivity contribution in [3.05, 3.63) is 58.4 Å². The van der Waals surface area contributed by atoms with E-state index in [1.807, 2.05) is 32.9 Å². The molecule has 1 N–H and O–H groups in total. The number of carbonyl (C=O) groups excluding carboxylic acids is 2. The number of nitrogens with one attached hydrogen (secondary N) is 1. The van der Waals surface area contributed by atoms with E-state index in [9.17, 15) is 9.59 Å². The van der Waals surface area contributed by atoms with Crippen LogP contribution in [0.25, 0.3) is 0 Å². The minimum Gasteiger partial charge on any atom is -0.465 e. The van der Waals surface area contributed by atoms with E-state index in [0.29, 0.717) is 5.56 Å². The number of esters is 1. The van der Waals surface area contributed by atoms with E-state index in [4.69, 9.17) is 0 Å². The maximum atomic E-state index is 12.3. The molecule has 0 unspecified atom stereocenters. The van der Waals surface area contributed by atoms with Crippen LogP contribution in [-0.4, -0.2) is 24.0 Å². The molecule has 0 radical (unpaired) electrons. The van der Waals surface area contributed by atoms with Crippen molar-refractivity contribution >= 4 is 17.6 Å². The molecule has 5 nitrogen and oxygen atoms in total. The number of hydrogen-bond donors (Lipinski definition) is 1. The second kappa shape index (κ2) is 6.39. The van der Waals surface area contributed by atoms with Gasteiger partial charge in [0.05, 0.1) is 12.7 Å². The van der Waals surface area contributed by atoms with Gasteiger partial charge in [0.15, 0.2) is 0 Å². The standard InChI is InChI=1S/C17H18N2O3/c1-10-7-11(2)15(12(3)8-10)19-16(20)14-6-5-13(9-18-14)17(21)22-4/h5-9H,1-4H3,(H,19,20). The van der Waals surface area contributed by atoms with E-state index >= 15 is 0 Å². The number of pyridine rings is 1. The van der Waals surface area contributed by atoms with Crippen LogP contribution in [0.5, 0.6) is 0 Å². The van der Waals surface area contributed by atoms with Crippen LogP contribution < -0.4 is 5.32 Å². The molecule has 0 aliphatic rings. The van der Waals surface area contributed by atoms with Crippen molar-refractivity contribution in [3.8, 4) is 0 Å². The number of methoxy groups -OCH3 is 1. The summed E-state index contributed by atoms with van der Waals surface area (Å²) in [5.41, 5.74) is 4.48. The Morgan fingerprint density at radius 2 is 1.73 bits per heavy atom. The molecule has 0 spiro atoms. The number of aryl methyl sites for hydroxylation is 3. The Kier molecular flexibility index (Phi) is 4.56. The van der Waals surface area contributed by atoms with Crippen molar-refractivity contribution in [2.45, 2.75) is 20.8 Å². The number of nitrogens with zero attached hydrogens (tertiary/aromatic N) is 1. The molecule has 1 heterocycles. The Morgan fingerprint density at radius 1 is 1.09 bits per heavy atom. The molecule has 22 heavy (non-hydrogen) atoms. The number of amides is 1. The first-order valence-corrected chi connectivity index (χ1v) is 6.86. The highest BCUT2D eigenvalue weighted by molar-refractivity contribution is 6.04. The van der Waals surface area contributed by atoms with Gasteiger partial charge in [-0.15, -0.1) is 0 Å². The molecule has 0 bridgehead atoms. The summed E-state index contributed by atoms with van der Waals surface area (Å²) in [5.74, 6) is -0.795. The zero-order valence-electron chi connectivity index (χ0n) is 13.1. The summed E-state index contributed by atoms with van der Waals surface area (Å²) in [6.45, 7) is 5.91. The van der Waals surface area contributed by atoms with E-state index in [1.54, 1.807) is 0 Å². The molecule has 0 saturated carbocycles. The summed E-state index contributed by atoms with van der Waals surface area (Å²) in [6.07, 6.45) is 1.33. The number of aromatic nitrogens is 1. The molecule has 2 aromatic rings. The van der Waals surface area contributed by atoms with Crippen LogP contribution in [0.3, 0.4) is 0 Å². The third-order valence-electron chi connectivity index (χ3n) is 3.33. The summed E-state index contributed by atoms with van der Waals surface area (Å²) in [7, 11) is 1.30. The van der Waals surface area contributed by atoms with Crippen molar-refractivity contribution < 1.29 is 14.3 Å². The predicted octanol–water partition coefficient (Wildman–Crippen LogP) is 3.05. The summed E-state index contributed by atoms with van der Waals surface area (Å²) in [4.78, 5) is 27.6. The van der Waals surface area contributed by atoms with Gasteiger partial charge in [0.2, 0.25) is 0 Å². The number of hydrogen-bond acceptors (Lipinski definition) is 4. The average molecular weight is 298 g/mol. The fourth-order valence-electron chi connectivity index (χ4n) is 2.32. The Bertz CT molecular complexity index is 698. The number of ether oxygens (including phenoxy) is 1. The van der Waals surface area contributed by atoms with E-state index in [2.05, 4.69) is 15.0 Å². The molecule has 1 aromatic carbocycles. The maximum absolute atomic E-state index is 12.3. The van der Waals surface area contributed by atoms with Crippen LogP contribution in [0.15, 0.2) is 30.5 Å². The molecule has 0 aliphatic heterocycles. The largest absolute Gasteiger partial charge is 0.465 e. The number of rotatable bonds is 3. The first kappa shape index (κ1) is 15.7. The van der Waals surface area contributed by atoms with Gasteiger partial charge >= 0.3 is 5.97 Å². The van der Waals surface area contributed by atoms with Crippen LogP contribution in [0.4, 0.5) is 5.69 Å². The summed E-state index contributed by atoms with van der Waals surface area (Å²) in [6, 6.07) is 7.04. The quantitative estimate of drug-likeness (QED) is 0.884. The van der Waals surface area contributed by atoms with E-state index < -0.39 is 5.97 Å². The molecular weight excluding hydrogens is 280 g/mol. The van der Waals surface area contributed by atoms with Gasteiger partial charge in [-0.25, -0.2) is 4.79 Å². The second-order valence-corrected chi connectivity index (χ2v) is 5.15. The lowest BCUT2D eigenvalue weighted by atomic mass is 10.0. The third-order valence-corrected chi connectivity index (χ3v) is 3.33. The normalized spacial score (nSPS) is 10.2.